The van der Waals surface area contributed by atoms with Crippen LogP contribution in [0.3, 0.4) is 0 Å². The van der Waals surface area contributed by atoms with Crippen LogP contribution in [0.4, 0.5) is 8.78 Å². The molecule has 0 aliphatic rings. The molecule has 0 radical (unpaired) electrons. The van der Waals surface area contributed by atoms with Gasteiger partial charge < -0.3 is 15.2 Å². The maximum Gasteiger partial charge on any atom is 0.305 e. The predicted molar refractivity (Wildman–Crippen MR) is 138 cm³/mol. The molecule has 0 spiro atoms. The second kappa shape index (κ2) is 11.4. The molecule has 1 unspecified atom stereocenters. The third-order valence-electron chi connectivity index (χ3n) is 5.69. The average Bonchev–Trinajstić information content (AvgIpc) is 3.18. The first kappa shape index (κ1) is 27.6. The van der Waals surface area contributed by atoms with Gasteiger partial charge in [0.1, 0.15) is 16.7 Å². The zero-order valence-corrected chi connectivity index (χ0v) is 22.0. The summed E-state index contributed by atoms with van der Waals surface area (Å²) in [6, 6.07) is 11.8. The molecule has 5 nitrogen and oxygen atoms in total. The maximum absolute atomic E-state index is 13.6. The van der Waals surface area contributed by atoms with Crippen molar-refractivity contribution in [3.05, 3.63) is 73.9 Å². The second-order valence-corrected chi connectivity index (χ2v) is 10.1. The number of amides is 1. The van der Waals surface area contributed by atoms with Crippen molar-refractivity contribution in [2.75, 3.05) is 6.54 Å². The van der Waals surface area contributed by atoms with Gasteiger partial charge in [0.05, 0.1) is 11.4 Å². The van der Waals surface area contributed by atoms with E-state index in [1.54, 1.807) is 18.2 Å². The van der Waals surface area contributed by atoms with Crippen molar-refractivity contribution in [3.63, 3.8) is 0 Å². The largest absolute Gasteiger partial charge is 0.485 e. The highest BCUT2D eigenvalue weighted by molar-refractivity contribution is 7.14. The molecule has 0 aliphatic carbocycles. The molecule has 3 aromatic rings. The number of carbonyl (C=O) groups is 2. The average molecular weight is 536 g/mol. The molecule has 192 valence electrons. The van der Waals surface area contributed by atoms with Crippen LogP contribution in [0.25, 0.3) is 11.1 Å². The Morgan fingerprint density at radius 2 is 1.75 bits per heavy atom. The first-order chi connectivity index (χ1) is 16.9. The van der Waals surface area contributed by atoms with Crippen LogP contribution in [0.5, 0.6) is 5.75 Å². The van der Waals surface area contributed by atoms with Crippen LogP contribution >= 0.6 is 22.9 Å². The number of aryl methyl sites for hydroxylation is 2. The number of hydrogen-bond donors (Lipinski definition) is 2. The van der Waals surface area contributed by atoms with E-state index in [1.165, 1.54) is 23.5 Å². The minimum Gasteiger partial charge on any atom is -0.485 e. The van der Waals surface area contributed by atoms with Crippen LogP contribution < -0.4 is 10.1 Å². The summed E-state index contributed by atoms with van der Waals surface area (Å²) in [7, 11) is 0. The summed E-state index contributed by atoms with van der Waals surface area (Å²) in [5, 5.41) is 11.6. The quantitative estimate of drug-likeness (QED) is 0.281. The zero-order valence-electron chi connectivity index (χ0n) is 20.5. The Morgan fingerprint density at radius 3 is 2.28 bits per heavy atom. The fourth-order valence-electron chi connectivity index (χ4n) is 3.95. The lowest BCUT2D eigenvalue weighted by Gasteiger charge is -2.19. The molecular formula is C27H28ClF2NO4S. The van der Waals surface area contributed by atoms with Gasteiger partial charge in [0.25, 0.3) is 11.8 Å². The van der Waals surface area contributed by atoms with Gasteiger partial charge in [-0.1, -0.05) is 42.8 Å². The lowest BCUT2D eigenvalue weighted by atomic mass is 9.94. The van der Waals surface area contributed by atoms with Gasteiger partial charge in [0.15, 0.2) is 0 Å². The molecule has 1 atom stereocenters. The predicted octanol–water partition coefficient (Wildman–Crippen LogP) is 7.53. The van der Waals surface area contributed by atoms with E-state index in [4.69, 9.17) is 21.4 Å². The van der Waals surface area contributed by atoms with Crippen LogP contribution in [0.1, 0.15) is 64.0 Å². The van der Waals surface area contributed by atoms with E-state index in [1.807, 2.05) is 32.9 Å². The van der Waals surface area contributed by atoms with E-state index in [0.717, 1.165) is 34.1 Å². The number of thiophene rings is 1. The summed E-state index contributed by atoms with van der Waals surface area (Å²) in [6.45, 7) is 6.74. The van der Waals surface area contributed by atoms with E-state index in [9.17, 15) is 18.4 Å². The summed E-state index contributed by atoms with van der Waals surface area (Å²) in [5.41, 5.74) is 3.66. The lowest BCUT2D eigenvalue weighted by molar-refractivity contribution is -0.136. The Bertz CT molecular complexity index is 1230. The summed E-state index contributed by atoms with van der Waals surface area (Å²) in [5.74, 6) is -3.66. The topological polar surface area (TPSA) is 75.6 Å². The first-order valence-corrected chi connectivity index (χ1v) is 12.7. The van der Waals surface area contributed by atoms with Gasteiger partial charge in [0.2, 0.25) is 0 Å². The third-order valence-corrected chi connectivity index (χ3v) is 7.33. The van der Waals surface area contributed by atoms with Crippen molar-refractivity contribution in [3.8, 4) is 16.9 Å². The highest BCUT2D eigenvalue weighted by atomic mass is 35.5. The summed E-state index contributed by atoms with van der Waals surface area (Å²) >= 11 is 7.51. The SMILES string of the molecule is CCC(Oc1cc(C)c(-c2ccc(C(C)(F)F)cc2)c(C)c1)c1cc(Cl)c(C(=O)NCCC(=O)O)s1. The van der Waals surface area contributed by atoms with Crippen LogP contribution in [0.15, 0.2) is 42.5 Å². The van der Waals surface area contributed by atoms with Gasteiger partial charge in [-0.2, -0.15) is 0 Å². The lowest BCUT2D eigenvalue weighted by Crippen LogP contribution is -2.25. The summed E-state index contributed by atoms with van der Waals surface area (Å²) in [4.78, 5) is 24.2. The van der Waals surface area contributed by atoms with E-state index in [-0.39, 0.29) is 29.7 Å². The monoisotopic (exact) mass is 535 g/mol. The molecule has 0 saturated carbocycles. The molecule has 1 amide bonds. The number of ether oxygens (including phenoxy) is 1. The highest BCUT2D eigenvalue weighted by Crippen LogP contribution is 2.38. The molecule has 0 saturated heterocycles. The third kappa shape index (κ3) is 6.62. The summed E-state index contributed by atoms with van der Waals surface area (Å²) in [6.07, 6.45) is 0.110. The molecule has 2 aromatic carbocycles. The van der Waals surface area contributed by atoms with Crippen molar-refractivity contribution in [2.24, 2.45) is 0 Å². The van der Waals surface area contributed by atoms with Crippen LogP contribution in [-0.2, 0) is 10.7 Å². The van der Waals surface area contributed by atoms with Gasteiger partial charge in [-0.05, 0) is 60.7 Å². The van der Waals surface area contributed by atoms with E-state index in [0.29, 0.717) is 17.0 Å². The van der Waals surface area contributed by atoms with Gasteiger partial charge in [-0.3, -0.25) is 9.59 Å². The molecule has 0 aliphatic heterocycles. The van der Waals surface area contributed by atoms with Crippen LogP contribution in [0, 0.1) is 13.8 Å². The Hall–Kier alpha value is -2.97. The zero-order chi connectivity index (χ0) is 26.6. The molecule has 0 fully saturated rings. The number of aliphatic carboxylic acids is 1. The minimum absolute atomic E-state index is 0.0138. The van der Waals surface area contributed by atoms with Crippen molar-refractivity contribution in [1.82, 2.24) is 5.32 Å². The number of benzene rings is 2. The number of halogens is 3. The van der Waals surface area contributed by atoms with Crippen molar-refractivity contribution in [1.29, 1.82) is 0 Å². The Balaban J connectivity index is 1.80. The van der Waals surface area contributed by atoms with Crippen LogP contribution in [0.2, 0.25) is 5.02 Å². The number of carboxylic acids is 1. The maximum atomic E-state index is 13.6. The molecule has 2 N–H and O–H groups in total. The fraction of sp³-hybridized carbons (Fsp3) is 0.333. The smallest absolute Gasteiger partial charge is 0.305 e. The number of carbonyl (C=O) groups excluding carboxylic acids is 1. The number of alkyl halides is 2. The van der Waals surface area contributed by atoms with Crippen molar-refractivity contribution in [2.45, 2.75) is 52.6 Å². The first-order valence-electron chi connectivity index (χ1n) is 11.5. The number of hydrogen-bond acceptors (Lipinski definition) is 4. The number of carboxylic acid groups (broad SMARTS) is 1. The molecule has 36 heavy (non-hydrogen) atoms. The van der Waals surface area contributed by atoms with Gasteiger partial charge in [-0.15, -0.1) is 11.3 Å². The molecule has 0 bridgehead atoms. The van der Waals surface area contributed by atoms with Gasteiger partial charge in [-0.25, -0.2) is 8.78 Å². The molecule has 1 aromatic heterocycles. The molecule has 1 heterocycles. The summed E-state index contributed by atoms with van der Waals surface area (Å²) < 4.78 is 33.4. The van der Waals surface area contributed by atoms with Crippen LogP contribution in [-0.4, -0.2) is 23.5 Å². The van der Waals surface area contributed by atoms with Gasteiger partial charge >= 0.3 is 5.97 Å². The van der Waals surface area contributed by atoms with Crippen molar-refractivity contribution >= 4 is 34.8 Å². The van der Waals surface area contributed by atoms with E-state index in [2.05, 4.69) is 5.32 Å². The second-order valence-electron chi connectivity index (χ2n) is 8.64. The highest BCUT2D eigenvalue weighted by Gasteiger charge is 2.24. The van der Waals surface area contributed by atoms with E-state index < -0.39 is 17.8 Å². The van der Waals surface area contributed by atoms with E-state index >= 15 is 0 Å². The van der Waals surface area contributed by atoms with Crippen molar-refractivity contribution < 1.29 is 28.2 Å². The minimum atomic E-state index is -2.89. The molecule has 3 rings (SSSR count). The normalized spacial score (nSPS) is 12.3. The number of rotatable bonds is 10. The molecular weight excluding hydrogens is 508 g/mol. The Morgan fingerprint density at radius 1 is 1.14 bits per heavy atom. The fourth-order valence-corrected chi connectivity index (χ4v) is 5.41. The Labute approximate surface area is 218 Å². The molecule has 9 heteroatoms. The number of nitrogens with one attached hydrogen (secondary N) is 1. The Kier molecular flexibility index (Phi) is 8.74. The van der Waals surface area contributed by atoms with Gasteiger partial charge in [0, 0.05) is 23.9 Å². The standard InChI is InChI=1S/C27H28ClF2NO4S/c1-5-21(22-14-20(28)25(36-22)26(34)31-11-10-23(32)33)35-19-12-15(2)24(16(3)13-19)17-6-8-18(9-7-17)27(4,29)30/h6-9,12-14,21H,5,10-11H2,1-4H3,(H,31,34)(H,32,33).